The molecule has 0 aromatic rings. The highest BCUT2D eigenvalue weighted by Gasteiger charge is 2.34. The molecule has 1 rings (SSSR count). The lowest BCUT2D eigenvalue weighted by Gasteiger charge is -2.34. The van der Waals surface area contributed by atoms with Crippen LogP contribution in [0.1, 0.15) is 32.6 Å². The molecular weight excluding hydrogens is 240 g/mol. The Kier molecular flexibility index (Phi) is 4.25. The molecule has 0 bridgehead atoms. The first kappa shape index (κ1) is 13.8. The Morgan fingerprint density at radius 2 is 1.94 bits per heavy atom. The molecular formula is C9H17F2NO3S. The molecule has 1 saturated carbocycles. The summed E-state index contributed by atoms with van der Waals surface area (Å²) in [5, 5.41) is 9.96. The van der Waals surface area contributed by atoms with Crippen molar-refractivity contribution in [3.8, 4) is 0 Å². The van der Waals surface area contributed by atoms with Gasteiger partial charge in [-0.2, -0.15) is 8.78 Å². The van der Waals surface area contributed by atoms with E-state index in [0.717, 1.165) is 12.8 Å². The summed E-state index contributed by atoms with van der Waals surface area (Å²) in [6.07, 6.45) is 2.46. The van der Waals surface area contributed by atoms with Gasteiger partial charge in [-0.05, 0) is 31.6 Å². The molecule has 2 N–H and O–H groups in total. The Labute approximate surface area is 94.1 Å². The summed E-state index contributed by atoms with van der Waals surface area (Å²) < 4.78 is 47.4. The second-order valence-electron chi connectivity index (χ2n) is 4.53. The van der Waals surface area contributed by atoms with Crippen LogP contribution in [-0.2, 0) is 10.0 Å². The monoisotopic (exact) mass is 257 g/mol. The summed E-state index contributed by atoms with van der Waals surface area (Å²) >= 11 is 0. The lowest BCUT2D eigenvalue weighted by Crippen LogP contribution is -2.46. The van der Waals surface area contributed by atoms with Crippen LogP contribution in [0.5, 0.6) is 0 Å². The molecule has 1 aliphatic carbocycles. The summed E-state index contributed by atoms with van der Waals surface area (Å²) in [6, 6.07) is 0. The van der Waals surface area contributed by atoms with Crippen LogP contribution in [0.25, 0.3) is 0 Å². The van der Waals surface area contributed by atoms with E-state index in [4.69, 9.17) is 0 Å². The van der Waals surface area contributed by atoms with Crippen LogP contribution in [0.4, 0.5) is 8.78 Å². The number of hydrogen-bond acceptors (Lipinski definition) is 3. The maximum atomic E-state index is 12.0. The van der Waals surface area contributed by atoms with E-state index in [1.165, 1.54) is 0 Å². The van der Waals surface area contributed by atoms with Crippen molar-refractivity contribution in [1.29, 1.82) is 0 Å². The van der Waals surface area contributed by atoms with Gasteiger partial charge in [-0.15, -0.1) is 0 Å². The highest BCUT2D eigenvalue weighted by molar-refractivity contribution is 7.89. The van der Waals surface area contributed by atoms with Crippen LogP contribution in [-0.4, -0.2) is 31.4 Å². The van der Waals surface area contributed by atoms with Crippen molar-refractivity contribution in [2.45, 2.75) is 44.0 Å². The third-order valence-electron chi connectivity index (χ3n) is 3.04. The van der Waals surface area contributed by atoms with E-state index in [0.29, 0.717) is 18.8 Å². The molecule has 1 fully saturated rings. The number of nitrogens with one attached hydrogen (secondary N) is 1. The predicted octanol–water partition coefficient (Wildman–Crippen LogP) is 1.07. The van der Waals surface area contributed by atoms with Crippen LogP contribution < -0.4 is 4.72 Å². The Morgan fingerprint density at radius 1 is 1.44 bits per heavy atom. The zero-order valence-electron chi connectivity index (χ0n) is 9.12. The van der Waals surface area contributed by atoms with Gasteiger partial charge in [-0.1, -0.05) is 6.92 Å². The molecule has 0 aliphatic heterocycles. The van der Waals surface area contributed by atoms with E-state index in [2.05, 4.69) is 0 Å². The lowest BCUT2D eigenvalue weighted by atomic mass is 9.80. The number of aliphatic hydroxyl groups is 1. The second kappa shape index (κ2) is 4.93. The van der Waals surface area contributed by atoms with Gasteiger partial charge >= 0.3 is 5.76 Å². The SMILES string of the molecule is CC1CCC(O)(CNS(=O)(=O)C(F)F)CC1. The maximum absolute atomic E-state index is 12.0. The summed E-state index contributed by atoms with van der Waals surface area (Å²) in [5.74, 6) is -2.95. The molecule has 7 heteroatoms. The normalized spacial score (nSPS) is 31.9. The fourth-order valence-electron chi connectivity index (χ4n) is 1.77. The van der Waals surface area contributed by atoms with Crippen molar-refractivity contribution in [2.75, 3.05) is 6.54 Å². The number of hydrogen-bond donors (Lipinski definition) is 2. The van der Waals surface area contributed by atoms with Gasteiger partial charge < -0.3 is 5.11 Å². The first-order chi connectivity index (χ1) is 7.25. The minimum atomic E-state index is -4.59. The average Bonchev–Trinajstić information content (AvgIpc) is 2.20. The molecule has 4 nitrogen and oxygen atoms in total. The van der Waals surface area contributed by atoms with Crippen LogP contribution >= 0.6 is 0 Å². The van der Waals surface area contributed by atoms with E-state index < -0.39 is 21.4 Å². The number of halogens is 2. The van der Waals surface area contributed by atoms with Gasteiger partial charge in [-0.25, -0.2) is 13.1 Å². The van der Waals surface area contributed by atoms with E-state index in [1.807, 2.05) is 6.92 Å². The summed E-state index contributed by atoms with van der Waals surface area (Å²) in [4.78, 5) is 0. The minimum absolute atomic E-state index is 0.327. The highest BCUT2D eigenvalue weighted by Crippen LogP contribution is 2.31. The Balaban J connectivity index is 2.49. The van der Waals surface area contributed by atoms with Gasteiger partial charge in [0, 0.05) is 6.54 Å². The van der Waals surface area contributed by atoms with E-state index in [9.17, 15) is 22.3 Å². The Hall–Kier alpha value is -0.270. The third-order valence-corrected chi connectivity index (χ3v) is 4.06. The van der Waals surface area contributed by atoms with Gasteiger partial charge in [0.25, 0.3) is 10.0 Å². The highest BCUT2D eigenvalue weighted by atomic mass is 32.2. The van der Waals surface area contributed by atoms with E-state index in [-0.39, 0.29) is 6.54 Å². The van der Waals surface area contributed by atoms with Gasteiger partial charge in [0.1, 0.15) is 0 Å². The fourth-order valence-corrected chi connectivity index (χ4v) is 2.37. The van der Waals surface area contributed by atoms with Crippen LogP contribution in [0, 0.1) is 5.92 Å². The van der Waals surface area contributed by atoms with Crippen molar-refractivity contribution in [3.05, 3.63) is 0 Å². The van der Waals surface area contributed by atoms with Crippen LogP contribution in [0.15, 0.2) is 0 Å². The second-order valence-corrected chi connectivity index (χ2v) is 6.27. The molecule has 0 amide bonds. The van der Waals surface area contributed by atoms with Crippen LogP contribution in [0.3, 0.4) is 0 Å². The summed E-state index contributed by atoms with van der Waals surface area (Å²) in [7, 11) is -4.59. The van der Waals surface area contributed by atoms with Gasteiger partial charge in [-0.3, -0.25) is 0 Å². The van der Waals surface area contributed by atoms with Crippen molar-refractivity contribution >= 4 is 10.0 Å². The van der Waals surface area contributed by atoms with E-state index in [1.54, 1.807) is 4.72 Å². The molecule has 96 valence electrons. The Morgan fingerprint density at radius 3 is 2.38 bits per heavy atom. The van der Waals surface area contributed by atoms with Crippen LogP contribution in [0.2, 0.25) is 0 Å². The molecule has 0 aromatic heterocycles. The van der Waals surface area contributed by atoms with Crippen molar-refractivity contribution in [3.63, 3.8) is 0 Å². The molecule has 0 spiro atoms. The number of rotatable bonds is 4. The molecule has 0 heterocycles. The smallest absolute Gasteiger partial charge is 0.350 e. The lowest BCUT2D eigenvalue weighted by molar-refractivity contribution is -0.00210. The van der Waals surface area contributed by atoms with Crippen molar-refractivity contribution < 1.29 is 22.3 Å². The molecule has 1 aliphatic rings. The molecule has 0 aromatic carbocycles. The quantitative estimate of drug-likeness (QED) is 0.791. The molecule has 0 atom stereocenters. The predicted molar refractivity (Wildman–Crippen MR) is 55.5 cm³/mol. The summed E-state index contributed by atoms with van der Waals surface area (Å²) in [6.45, 7) is 1.72. The number of sulfonamides is 1. The van der Waals surface area contributed by atoms with Gasteiger partial charge in [0.15, 0.2) is 0 Å². The first-order valence-corrected chi connectivity index (χ1v) is 6.79. The standard InChI is InChI=1S/C9H17F2NO3S/c1-7-2-4-9(13,5-3-7)6-12-16(14,15)8(10)11/h7-8,12-13H,2-6H2,1H3. The first-order valence-electron chi connectivity index (χ1n) is 5.24. The molecule has 0 saturated heterocycles. The molecule has 0 radical (unpaired) electrons. The third kappa shape index (κ3) is 3.64. The zero-order chi connectivity index (χ0) is 12.4. The topological polar surface area (TPSA) is 66.4 Å². The minimum Gasteiger partial charge on any atom is -0.389 e. The van der Waals surface area contributed by atoms with Crippen molar-refractivity contribution in [1.82, 2.24) is 4.72 Å². The summed E-state index contributed by atoms with van der Waals surface area (Å²) in [5.41, 5.74) is -1.17. The maximum Gasteiger partial charge on any atom is 0.350 e. The van der Waals surface area contributed by atoms with Gasteiger partial charge in [0.2, 0.25) is 0 Å². The molecule has 16 heavy (non-hydrogen) atoms. The van der Waals surface area contributed by atoms with Crippen molar-refractivity contribution in [2.24, 2.45) is 5.92 Å². The Bertz CT molecular complexity index is 324. The van der Waals surface area contributed by atoms with Gasteiger partial charge in [0.05, 0.1) is 5.60 Å². The largest absolute Gasteiger partial charge is 0.389 e. The fraction of sp³-hybridized carbons (Fsp3) is 1.00. The van der Waals surface area contributed by atoms with E-state index >= 15 is 0 Å². The molecule has 0 unspecified atom stereocenters. The number of alkyl halides is 2. The zero-order valence-corrected chi connectivity index (χ0v) is 9.93. The average molecular weight is 257 g/mol.